The molecule has 2 saturated heterocycles. The molecule has 0 radical (unpaired) electrons. The Kier molecular flexibility index (Phi) is 4.54. The molecule has 102 valence electrons. The maximum Gasteiger partial charge on any atom is 0.246 e. The molecule has 4 nitrogen and oxygen atoms in total. The van der Waals surface area contributed by atoms with Crippen LogP contribution >= 0.6 is 11.8 Å². The Morgan fingerprint density at radius 3 is 2.78 bits per heavy atom. The third-order valence-electron chi connectivity index (χ3n) is 3.93. The lowest BCUT2D eigenvalue weighted by Gasteiger charge is -2.41. The lowest BCUT2D eigenvalue weighted by Crippen LogP contribution is -2.61. The first-order chi connectivity index (χ1) is 8.66. The third-order valence-corrected chi connectivity index (χ3v) is 4.62. The summed E-state index contributed by atoms with van der Waals surface area (Å²) in [5.74, 6) is 1.44. The molecule has 18 heavy (non-hydrogen) atoms. The summed E-state index contributed by atoms with van der Waals surface area (Å²) in [6.07, 6.45) is 6.01. The molecule has 0 saturated carbocycles. The second-order valence-corrected chi connectivity index (χ2v) is 6.08. The zero-order valence-corrected chi connectivity index (χ0v) is 12.0. The van der Waals surface area contributed by atoms with E-state index in [1.807, 2.05) is 18.7 Å². The van der Waals surface area contributed by atoms with Crippen LogP contribution in [0.3, 0.4) is 0 Å². The lowest BCUT2D eigenvalue weighted by atomic mass is 10.1. The Balaban J connectivity index is 1.96. The van der Waals surface area contributed by atoms with Crippen molar-refractivity contribution in [3.8, 4) is 0 Å². The van der Waals surface area contributed by atoms with E-state index in [-0.39, 0.29) is 23.9 Å². The van der Waals surface area contributed by atoms with E-state index in [9.17, 15) is 9.59 Å². The number of rotatable bonds is 5. The van der Waals surface area contributed by atoms with Crippen LogP contribution in [0.1, 0.15) is 32.6 Å². The Hall–Kier alpha value is -0.710. The average Bonchev–Trinajstić information content (AvgIpc) is 2.85. The van der Waals surface area contributed by atoms with Gasteiger partial charge in [0, 0.05) is 13.1 Å². The van der Waals surface area contributed by atoms with Crippen LogP contribution in [-0.2, 0) is 9.59 Å². The molecule has 2 heterocycles. The molecule has 0 N–H and O–H groups in total. The minimum atomic E-state index is -0.263. The smallest absolute Gasteiger partial charge is 0.246 e. The normalized spacial score (nSPS) is 27.9. The molecule has 2 amide bonds. The molecule has 0 aromatic rings. The van der Waals surface area contributed by atoms with Gasteiger partial charge in [-0.1, -0.05) is 0 Å². The lowest BCUT2D eigenvalue weighted by molar-refractivity contribution is -0.158. The topological polar surface area (TPSA) is 40.6 Å². The van der Waals surface area contributed by atoms with Gasteiger partial charge in [0.05, 0.1) is 0 Å². The van der Waals surface area contributed by atoms with Crippen LogP contribution in [0.25, 0.3) is 0 Å². The van der Waals surface area contributed by atoms with Crippen LogP contribution in [0, 0.1) is 0 Å². The second kappa shape index (κ2) is 5.95. The Morgan fingerprint density at radius 2 is 2.06 bits per heavy atom. The summed E-state index contributed by atoms with van der Waals surface area (Å²) in [5, 5.41) is 0. The Bertz CT molecular complexity index is 335. The minimum absolute atomic E-state index is 0.141. The number of carbonyl (C=O) groups excluding carboxylic acids is 2. The SMILES string of the molecule is CSCCCCN1C(=O)C2CCCN2C(=O)C1C. The summed E-state index contributed by atoms with van der Waals surface area (Å²) >= 11 is 1.83. The predicted molar refractivity (Wildman–Crippen MR) is 73.5 cm³/mol. The van der Waals surface area contributed by atoms with Gasteiger partial charge in [0.2, 0.25) is 11.8 Å². The Morgan fingerprint density at radius 1 is 1.28 bits per heavy atom. The fraction of sp³-hybridized carbons (Fsp3) is 0.846. The first-order valence-electron chi connectivity index (χ1n) is 6.76. The van der Waals surface area contributed by atoms with Gasteiger partial charge in [-0.25, -0.2) is 0 Å². The van der Waals surface area contributed by atoms with Crippen molar-refractivity contribution >= 4 is 23.6 Å². The fourth-order valence-electron chi connectivity index (χ4n) is 2.88. The third kappa shape index (κ3) is 2.51. The molecule has 0 bridgehead atoms. The summed E-state index contributed by atoms with van der Waals surface area (Å²) < 4.78 is 0. The van der Waals surface area contributed by atoms with Crippen molar-refractivity contribution in [1.29, 1.82) is 0 Å². The van der Waals surface area contributed by atoms with Crippen LogP contribution < -0.4 is 0 Å². The van der Waals surface area contributed by atoms with Crippen LogP contribution in [-0.4, -0.2) is 58.8 Å². The molecular weight excluding hydrogens is 248 g/mol. The first kappa shape index (κ1) is 13.7. The fourth-order valence-corrected chi connectivity index (χ4v) is 3.37. The van der Waals surface area contributed by atoms with Gasteiger partial charge in [0.1, 0.15) is 12.1 Å². The van der Waals surface area contributed by atoms with E-state index in [2.05, 4.69) is 6.26 Å². The van der Waals surface area contributed by atoms with Gasteiger partial charge in [0.15, 0.2) is 0 Å². The standard InChI is InChI=1S/C13H22N2O2S/c1-10-12(16)15-8-5-6-11(15)13(17)14(10)7-3-4-9-18-2/h10-11H,3-9H2,1-2H3. The highest BCUT2D eigenvalue weighted by Crippen LogP contribution is 2.26. The first-order valence-corrected chi connectivity index (χ1v) is 8.16. The molecule has 0 aromatic heterocycles. The molecule has 0 spiro atoms. The molecule has 0 aliphatic carbocycles. The van der Waals surface area contributed by atoms with Crippen molar-refractivity contribution in [2.75, 3.05) is 25.1 Å². The predicted octanol–water partition coefficient (Wildman–Crippen LogP) is 1.35. The molecular formula is C13H22N2O2S. The number of nitrogens with zero attached hydrogens (tertiary/aromatic N) is 2. The highest BCUT2D eigenvalue weighted by molar-refractivity contribution is 7.98. The van der Waals surface area contributed by atoms with Crippen molar-refractivity contribution in [3.63, 3.8) is 0 Å². The molecule has 2 aliphatic heterocycles. The van der Waals surface area contributed by atoms with Crippen LogP contribution in [0.2, 0.25) is 0 Å². The van der Waals surface area contributed by atoms with E-state index in [4.69, 9.17) is 0 Å². The van der Waals surface area contributed by atoms with E-state index >= 15 is 0 Å². The average molecular weight is 270 g/mol. The summed E-state index contributed by atoms with van der Waals surface area (Å²) in [4.78, 5) is 28.1. The highest BCUT2D eigenvalue weighted by Gasteiger charge is 2.45. The molecule has 2 fully saturated rings. The molecule has 2 rings (SSSR count). The zero-order chi connectivity index (χ0) is 13.1. The number of carbonyl (C=O) groups is 2. The zero-order valence-electron chi connectivity index (χ0n) is 11.2. The second-order valence-electron chi connectivity index (χ2n) is 5.10. The number of hydrogen-bond acceptors (Lipinski definition) is 3. The quantitative estimate of drug-likeness (QED) is 0.708. The van der Waals surface area contributed by atoms with Gasteiger partial charge < -0.3 is 9.80 Å². The number of unbranched alkanes of at least 4 members (excludes halogenated alkanes) is 1. The summed E-state index contributed by atoms with van der Waals surface area (Å²) in [6.45, 7) is 3.36. The van der Waals surface area contributed by atoms with Gasteiger partial charge >= 0.3 is 0 Å². The van der Waals surface area contributed by atoms with Crippen LogP contribution in [0.15, 0.2) is 0 Å². The molecule has 2 aliphatic rings. The van der Waals surface area contributed by atoms with Crippen molar-refractivity contribution in [2.45, 2.75) is 44.7 Å². The van der Waals surface area contributed by atoms with E-state index in [1.54, 1.807) is 9.80 Å². The summed E-state index contributed by atoms with van der Waals surface area (Å²) in [7, 11) is 0. The highest BCUT2D eigenvalue weighted by atomic mass is 32.2. The maximum absolute atomic E-state index is 12.4. The molecule has 2 unspecified atom stereocenters. The summed E-state index contributed by atoms with van der Waals surface area (Å²) in [6, 6.07) is -0.421. The maximum atomic E-state index is 12.4. The number of amides is 2. The largest absolute Gasteiger partial charge is 0.329 e. The van der Waals surface area contributed by atoms with Crippen LogP contribution in [0.4, 0.5) is 0 Å². The van der Waals surface area contributed by atoms with Crippen molar-refractivity contribution in [1.82, 2.24) is 9.80 Å². The van der Waals surface area contributed by atoms with Crippen LogP contribution in [0.5, 0.6) is 0 Å². The number of piperazine rings is 1. The van der Waals surface area contributed by atoms with Gasteiger partial charge in [-0.05, 0) is 44.6 Å². The summed E-state index contributed by atoms with van der Waals surface area (Å²) in [5.41, 5.74) is 0. The van der Waals surface area contributed by atoms with E-state index in [0.717, 1.165) is 44.5 Å². The molecule has 5 heteroatoms. The minimum Gasteiger partial charge on any atom is -0.329 e. The van der Waals surface area contributed by atoms with Crippen molar-refractivity contribution in [3.05, 3.63) is 0 Å². The Labute approximate surface area is 113 Å². The number of thioether (sulfide) groups is 1. The molecule has 2 atom stereocenters. The van der Waals surface area contributed by atoms with Gasteiger partial charge in [0.25, 0.3) is 0 Å². The van der Waals surface area contributed by atoms with Crippen molar-refractivity contribution < 1.29 is 9.59 Å². The van der Waals surface area contributed by atoms with E-state index in [0.29, 0.717) is 0 Å². The van der Waals surface area contributed by atoms with Gasteiger partial charge in [-0.2, -0.15) is 11.8 Å². The van der Waals surface area contributed by atoms with Crippen molar-refractivity contribution in [2.24, 2.45) is 0 Å². The van der Waals surface area contributed by atoms with Gasteiger partial charge in [-0.3, -0.25) is 9.59 Å². The molecule has 0 aromatic carbocycles. The monoisotopic (exact) mass is 270 g/mol. The van der Waals surface area contributed by atoms with E-state index < -0.39 is 0 Å². The van der Waals surface area contributed by atoms with E-state index in [1.165, 1.54) is 0 Å². The number of hydrogen-bond donors (Lipinski definition) is 0. The van der Waals surface area contributed by atoms with Gasteiger partial charge in [-0.15, -0.1) is 0 Å². The number of fused-ring (bicyclic) bond motifs is 1.